The summed E-state index contributed by atoms with van der Waals surface area (Å²) >= 11 is 0. The molecule has 0 aromatic heterocycles. The number of carbonyl (C=O) groups is 2. The maximum Gasteiger partial charge on any atom is 0.275 e. The van der Waals surface area contributed by atoms with Crippen LogP contribution < -0.4 is 15.5 Å². The van der Waals surface area contributed by atoms with Crippen LogP contribution in [0.4, 0.5) is 0 Å². The molecule has 1 saturated carbocycles. The quantitative estimate of drug-likeness (QED) is 0.604. The van der Waals surface area contributed by atoms with Crippen LogP contribution in [0, 0.1) is 0 Å². The molecular formula is C18H28N3O2+. The first kappa shape index (κ1) is 17.5. The van der Waals surface area contributed by atoms with Crippen molar-refractivity contribution in [3.63, 3.8) is 0 Å². The van der Waals surface area contributed by atoms with Crippen molar-refractivity contribution in [3.05, 3.63) is 35.9 Å². The average molecular weight is 318 g/mol. The number of hydrogen-bond acceptors (Lipinski definition) is 2. The second kappa shape index (κ2) is 8.67. The topological polar surface area (TPSA) is 62.6 Å². The predicted octanol–water partition coefficient (Wildman–Crippen LogP) is 0.0897. The standard InChI is InChI=1S/C18H27N3O2/c1-3-14(15-7-5-4-6-8-15)11-19-17(22)12-21(2)13-18(23)20-16-9-10-16/h4-8,14,16H,3,9-13H2,1-2H3,(H,19,22)(H,20,23)/p+1/t14-/m0/s1. The minimum atomic E-state index is -0.00361. The lowest BCUT2D eigenvalue weighted by Gasteiger charge is -2.17. The van der Waals surface area contributed by atoms with Gasteiger partial charge in [0.15, 0.2) is 13.1 Å². The fourth-order valence-corrected chi connectivity index (χ4v) is 2.64. The molecular weight excluding hydrogens is 290 g/mol. The first-order valence-corrected chi connectivity index (χ1v) is 8.50. The van der Waals surface area contributed by atoms with E-state index >= 15 is 0 Å². The molecule has 0 bridgehead atoms. The Labute approximate surface area is 138 Å². The molecule has 1 aromatic carbocycles. The summed E-state index contributed by atoms with van der Waals surface area (Å²) in [6, 6.07) is 10.6. The molecule has 2 rings (SSSR count). The molecule has 2 atom stereocenters. The molecule has 23 heavy (non-hydrogen) atoms. The summed E-state index contributed by atoms with van der Waals surface area (Å²) in [7, 11) is 1.88. The van der Waals surface area contributed by atoms with Crippen LogP contribution >= 0.6 is 0 Å². The summed E-state index contributed by atoms with van der Waals surface area (Å²) in [5.41, 5.74) is 1.25. The smallest absolute Gasteiger partial charge is 0.275 e. The van der Waals surface area contributed by atoms with Gasteiger partial charge in [0.05, 0.1) is 7.05 Å². The maximum atomic E-state index is 12.1. The van der Waals surface area contributed by atoms with Crippen molar-refractivity contribution in [3.8, 4) is 0 Å². The van der Waals surface area contributed by atoms with E-state index in [0.29, 0.717) is 31.6 Å². The highest BCUT2D eigenvalue weighted by atomic mass is 16.2. The van der Waals surface area contributed by atoms with E-state index < -0.39 is 0 Å². The summed E-state index contributed by atoms with van der Waals surface area (Å²) in [5, 5.41) is 5.95. The molecule has 0 aliphatic heterocycles. The summed E-state index contributed by atoms with van der Waals surface area (Å²) < 4.78 is 0. The number of carbonyl (C=O) groups excluding carboxylic acids is 2. The third-order valence-corrected chi connectivity index (χ3v) is 4.18. The first-order valence-electron chi connectivity index (χ1n) is 8.50. The fourth-order valence-electron chi connectivity index (χ4n) is 2.64. The van der Waals surface area contributed by atoms with Crippen molar-refractivity contribution in [2.24, 2.45) is 0 Å². The minimum Gasteiger partial charge on any atom is -0.351 e. The molecule has 0 heterocycles. The molecule has 0 saturated heterocycles. The van der Waals surface area contributed by atoms with Gasteiger partial charge in [0.2, 0.25) is 0 Å². The van der Waals surface area contributed by atoms with E-state index in [2.05, 4.69) is 29.7 Å². The van der Waals surface area contributed by atoms with E-state index in [-0.39, 0.29) is 11.8 Å². The Balaban J connectivity index is 1.69. The number of rotatable bonds is 9. The van der Waals surface area contributed by atoms with Gasteiger partial charge in [-0.1, -0.05) is 37.3 Å². The van der Waals surface area contributed by atoms with Gasteiger partial charge >= 0.3 is 0 Å². The van der Waals surface area contributed by atoms with E-state index in [4.69, 9.17) is 0 Å². The second-order valence-electron chi connectivity index (χ2n) is 6.47. The van der Waals surface area contributed by atoms with E-state index in [1.807, 2.05) is 25.2 Å². The van der Waals surface area contributed by atoms with Crippen LogP contribution in [0.15, 0.2) is 30.3 Å². The molecule has 1 fully saturated rings. The Morgan fingerprint density at radius 3 is 2.43 bits per heavy atom. The Bertz CT molecular complexity index is 514. The molecule has 0 radical (unpaired) electrons. The van der Waals surface area contributed by atoms with Crippen LogP contribution in [-0.4, -0.2) is 44.5 Å². The number of amides is 2. The van der Waals surface area contributed by atoms with E-state index in [9.17, 15) is 9.59 Å². The average Bonchev–Trinajstić information content (AvgIpc) is 3.32. The van der Waals surface area contributed by atoms with E-state index in [0.717, 1.165) is 24.2 Å². The lowest BCUT2D eigenvalue weighted by atomic mass is 9.96. The Morgan fingerprint density at radius 1 is 1.17 bits per heavy atom. The minimum absolute atomic E-state index is 0.00361. The zero-order chi connectivity index (χ0) is 16.7. The highest BCUT2D eigenvalue weighted by Gasteiger charge is 2.25. The van der Waals surface area contributed by atoms with E-state index in [1.165, 1.54) is 5.56 Å². The van der Waals surface area contributed by atoms with Gasteiger partial charge < -0.3 is 15.5 Å². The molecule has 1 unspecified atom stereocenters. The maximum absolute atomic E-state index is 12.1. The van der Waals surface area contributed by atoms with Gasteiger partial charge in [-0.15, -0.1) is 0 Å². The SMILES string of the molecule is CC[C@@H](CNC(=O)C[NH+](C)CC(=O)NC1CC1)c1ccccc1. The molecule has 2 amide bonds. The van der Waals surface area contributed by atoms with Crippen LogP contribution in [-0.2, 0) is 9.59 Å². The van der Waals surface area contributed by atoms with Gasteiger partial charge in [-0.2, -0.15) is 0 Å². The van der Waals surface area contributed by atoms with Gasteiger partial charge in [-0.05, 0) is 24.8 Å². The van der Waals surface area contributed by atoms with Gasteiger partial charge in [-0.25, -0.2) is 0 Å². The Kier molecular flexibility index (Phi) is 6.59. The number of hydrogen-bond donors (Lipinski definition) is 3. The van der Waals surface area contributed by atoms with Crippen molar-refractivity contribution in [1.82, 2.24) is 10.6 Å². The number of likely N-dealkylation sites (N-methyl/N-ethyl adjacent to an activating group) is 1. The molecule has 1 aliphatic rings. The van der Waals surface area contributed by atoms with Gasteiger partial charge in [0.1, 0.15) is 0 Å². The zero-order valence-corrected chi connectivity index (χ0v) is 14.1. The number of benzene rings is 1. The third kappa shape index (κ3) is 6.40. The molecule has 1 aromatic rings. The molecule has 3 N–H and O–H groups in total. The summed E-state index contributed by atoms with van der Waals surface area (Å²) in [4.78, 5) is 24.7. The normalized spacial score (nSPS) is 16.4. The van der Waals surface area contributed by atoms with Gasteiger partial charge in [0.25, 0.3) is 11.8 Å². The van der Waals surface area contributed by atoms with Crippen LogP contribution in [0.1, 0.15) is 37.7 Å². The highest BCUT2D eigenvalue weighted by molar-refractivity contribution is 5.79. The van der Waals surface area contributed by atoms with Crippen molar-refractivity contribution >= 4 is 11.8 Å². The fraction of sp³-hybridized carbons (Fsp3) is 0.556. The molecule has 126 valence electrons. The van der Waals surface area contributed by atoms with Crippen molar-refractivity contribution < 1.29 is 14.5 Å². The van der Waals surface area contributed by atoms with Crippen LogP contribution in [0.3, 0.4) is 0 Å². The molecule has 5 nitrogen and oxygen atoms in total. The van der Waals surface area contributed by atoms with Gasteiger partial charge in [-0.3, -0.25) is 9.59 Å². The Hall–Kier alpha value is -1.88. The molecule has 1 aliphatic carbocycles. The van der Waals surface area contributed by atoms with E-state index in [1.54, 1.807) is 0 Å². The van der Waals surface area contributed by atoms with Gasteiger partial charge in [0, 0.05) is 18.5 Å². The highest BCUT2D eigenvalue weighted by Crippen LogP contribution is 2.18. The largest absolute Gasteiger partial charge is 0.351 e. The van der Waals surface area contributed by atoms with Crippen LogP contribution in [0.5, 0.6) is 0 Å². The lowest BCUT2D eigenvalue weighted by Crippen LogP contribution is -3.11. The van der Waals surface area contributed by atoms with Crippen LogP contribution in [0.25, 0.3) is 0 Å². The molecule has 0 spiro atoms. The predicted molar refractivity (Wildman–Crippen MR) is 90.3 cm³/mol. The monoisotopic (exact) mass is 318 g/mol. The van der Waals surface area contributed by atoms with Crippen molar-refractivity contribution in [2.75, 3.05) is 26.7 Å². The van der Waals surface area contributed by atoms with Crippen molar-refractivity contribution in [2.45, 2.75) is 38.1 Å². The summed E-state index contributed by atoms with van der Waals surface area (Å²) in [6.07, 6.45) is 3.16. The van der Waals surface area contributed by atoms with Crippen LogP contribution in [0.2, 0.25) is 0 Å². The zero-order valence-electron chi connectivity index (χ0n) is 14.1. The van der Waals surface area contributed by atoms with Crippen molar-refractivity contribution in [1.29, 1.82) is 0 Å². The number of nitrogens with one attached hydrogen (secondary N) is 3. The third-order valence-electron chi connectivity index (χ3n) is 4.18. The first-order chi connectivity index (χ1) is 11.1. The summed E-state index contributed by atoms with van der Waals surface area (Å²) in [6.45, 7) is 3.44. The Morgan fingerprint density at radius 2 is 1.83 bits per heavy atom. The second-order valence-corrected chi connectivity index (χ2v) is 6.47. The number of quaternary nitrogens is 1. The summed E-state index contributed by atoms with van der Waals surface area (Å²) in [5.74, 6) is 0.364. The molecule has 5 heteroatoms. The lowest BCUT2D eigenvalue weighted by molar-refractivity contribution is -0.862.